The van der Waals surface area contributed by atoms with Gasteiger partial charge >= 0.3 is 0 Å². The molecule has 0 unspecified atom stereocenters. The van der Waals surface area contributed by atoms with Crippen LogP contribution in [0.15, 0.2) is 12.1 Å². The zero-order valence-electron chi connectivity index (χ0n) is 6.39. The van der Waals surface area contributed by atoms with Crippen LogP contribution in [0.2, 0.25) is 0 Å². The zero-order valence-corrected chi connectivity index (χ0v) is 8.55. The van der Waals surface area contributed by atoms with Crippen LogP contribution in [-0.4, -0.2) is 0 Å². The number of hydrogen-bond acceptors (Lipinski definition) is 2. The van der Waals surface area contributed by atoms with E-state index in [1.165, 1.54) is 3.57 Å². The molecule has 1 aromatic carbocycles. The highest BCUT2D eigenvalue weighted by molar-refractivity contribution is 14.1. The van der Waals surface area contributed by atoms with E-state index in [1.807, 2.05) is 13.0 Å². The van der Waals surface area contributed by atoms with Gasteiger partial charge in [0, 0.05) is 15.8 Å². The first-order valence-electron chi connectivity index (χ1n) is 3.39. The van der Waals surface area contributed by atoms with Gasteiger partial charge in [0.05, 0.1) is 0 Å². The lowest BCUT2D eigenvalue weighted by atomic mass is 10.1. The molecular weight excluding hydrogens is 251 g/mol. The van der Waals surface area contributed by atoms with Gasteiger partial charge in [-0.25, -0.2) is 0 Å². The van der Waals surface area contributed by atoms with Crippen LogP contribution < -0.4 is 11.5 Å². The molecule has 0 aromatic heterocycles. The highest BCUT2D eigenvalue weighted by atomic mass is 127. The summed E-state index contributed by atoms with van der Waals surface area (Å²) in [5, 5.41) is 0. The molecule has 60 valence electrons. The van der Waals surface area contributed by atoms with Gasteiger partial charge in [-0.1, -0.05) is 0 Å². The van der Waals surface area contributed by atoms with Crippen LogP contribution in [0.1, 0.15) is 11.1 Å². The maximum Gasteiger partial charge on any atom is 0.0357 e. The van der Waals surface area contributed by atoms with E-state index >= 15 is 0 Å². The van der Waals surface area contributed by atoms with Gasteiger partial charge in [0.15, 0.2) is 0 Å². The monoisotopic (exact) mass is 262 g/mol. The van der Waals surface area contributed by atoms with Gasteiger partial charge in [0.2, 0.25) is 0 Å². The van der Waals surface area contributed by atoms with Crippen LogP contribution in [-0.2, 0) is 6.54 Å². The molecule has 0 saturated carbocycles. The fraction of sp³-hybridized carbons (Fsp3) is 0.250. The van der Waals surface area contributed by atoms with Crippen molar-refractivity contribution < 1.29 is 0 Å². The van der Waals surface area contributed by atoms with Crippen LogP contribution in [0.25, 0.3) is 0 Å². The molecule has 1 rings (SSSR count). The normalized spacial score (nSPS) is 10.1. The van der Waals surface area contributed by atoms with Crippen molar-refractivity contribution in [1.82, 2.24) is 0 Å². The number of halogens is 1. The van der Waals surface area contributed by atoms with E-state index in [0.29, 0.717) is 6.54 Å². The van der Waals surface area contributed by atoms with Crippen LogP contribution in [0.4, 0.5) is 5.69 Å². The van der Waals surface area contributed by atoms with E-state index in [4.69, 9.17) is 11.5 Å². The van der Waals surface area contributed by atoms with Crippen molar-refractivity contribution in [3.05, 3.63) is 26.8 Å². The minimum Gasteiger partial charge on any atom is -0.398 e. The van der Waals surface area contributed by atoms with Crippen molar-refractivity contribution >= 4 is 28.3 Å². The number of nitrogens with two attached hydrogens (primary N) is 2. The summed E-state index contributed by atoms with van der Waals surface area (Å²) >= 11 is 2.26. The molecule has 1 aromatic rings. The lowest BCUT2D eigenvalue weighted by Crippen LogP contribution is -2.00. The molecule has 3 heteroatoms. The van der Waals surface area contributed by atoms with Crippen molar-refractivity contribution in [1.29, 1.82) is 0 Å². The molecule has 11 heavy (non-hydrogen) atoms. The quantitative estimate of drug-likeness (QED) is 0.597. The Morgan fingerprint density at radius 3 is 2.55 bits per heavy atom. The van der Waals surface area contributed by atoms with Crippen LogP contribution in [0.5, 0.6) is 0 Å². The number of anilines is 1. The molecule has 0 aliphatic rings. The molecule has 0 bridgehead atoms. The Morgan fingerprint density at radius 2 is 2.09 bits per heavy atom. The first-order chi connectivity index (χ1) is 5.15. The van der Waals surface area contributed by atoms with Crippen LogP contribution >= 0.6 is 22.6 Å². The van der Waals surface area contributed by atoms with Gasteiger partial charge in [-0.15, -0.1) is 0 Å². The Bertz CT molecular complexity index is 248. The molecule has 0 atom stereocenters. The Kier molecular flexibility index (Phi) is 2.72. The summed E-state index contributed by atoms with van der Waals surface area (Å²) in [6.45, 7) is 2.57. The predicted molar refractivity (Wildman–Crippen MR) is 56.2 cm³/mol. The van der Waals surface area contributed by atoms with Gasteiger partial charge in [-0.05, 0) is 52.8 Å². The number of nitrogen functional groups attached to an aromatic ring is 1. The number of rotatable bonds is 1. The molecule has 0 aliphatic heterocycles. The lowest BCUT2D eigenvalue weighted by Gasteiger charge is -2.05. The summed E-state index contributed by atoms with van der Waals surface area (Å²) in [5.41, 5.74) is 14.3. The maximum atomic E-state index is 5.74. The SMILES string of the molecule is Cc1c(N)cc(CN)cc1I. The fourth-order valence-electron chi connectivity index (χ4n) is 0.876. The topological polar surface area (TPSA) is 52.0 Å². The van der Waals surface area contributed by atoms with Gasteiger partial charge in [0.25, 0.3) is 0 Å². The Hall–Kier alpha value is -0.290. The van der Waals surface area contributed by atoms with Crippen molar-refractivity contribution in [2.75, 3.05) is 5.73 Å². The lowest BCUT2D eigenvalue weighted by molar-refractivity contribution is 1.07. The fourth-order valence-corrected chi connectivity index (χ4v) is 1.59. The van der Waals surface area contributed by atoms with E-state index in [9.17, 15) is 0 Å². The van der Waals surface area contributed by atoms with Gasteiger partial charge in [-0.2, -0.15) is 0 Å². The second kappa shape index (κ2) is 3.40. The average Bonchev–Trinajstić information content (AvgIpc) is 1.99. The first kappa shape index (κ1) is 8.80. The second-order valence-electron chi connectivity index (χ2n) is 2.50. The summed E-state index contributed by atoms with van der Waals surface area (Å²) in [4.78, 5) is 0. The van der Waals surface area contributed by atoms with Crippen molar-refractivity contribution in [3.8, 4) is 0 Å². The first-order valence-corrected chi connectivity index (χ1v) is 4.47. The summed E-state index contributed by atoms with van der Waals surface area (Å²) in [6, 6.07) is 3.99. The molecule has 0 spiro atoms. The van der Waals surface area contributed by atoms with E-state index in [-0.39, 0.29) is 0 Å². The average molecular weight is 262 g/mol. The third-order valence-corrected chi connectivity index (χ3v) is 2.80. The highest BCUT2D eigenvalue weighted by Gasteiger charge is 2.00. The van der Waals surface area contributed by atoms with E-state index in [1.54, 1.807) is 0 Å². The largest absolute Gasteiger partial charge is 0.398 e. The van der Waals surface area contributed by atoms with E-state index < -0.39 is 0 Å². The maximum absolute atomic E-state index is 5.74. The molecule has 0 aliphatic carbocycles. The highest BCUT2D eigenvalue weighted by Crippen LogP contribution is 2.19. The summed E-state index contributed by atoms with van der Waals surface area (Å²) in [7, 11) is 0. The molecule has 0 heterocycles. The third kappa shape index (κ3) is 1.84. The van der Waals surface area contributed by atoms with Crippen molar-refractivity contribution in [2.24, 2.45) is 5.73 Å². The molecular formula is C8H11IN2. The molecule has 0 saturated heterocycles. The van der Waals surface area contributed by atoms with E-state index in [0.717, 1.165) is 16.8 Å². The van der Waals surface area contributed by atoms with Gasteiger partial charge in [-0.3, -0.25) is 0 Å². The minimum atomic E-state index is 0.556. The zero-order chi connectivity index (χ0) is 8.43. The smallest absolute Gasteiger partial charge is 0.0357 e. The minimum absolute atomic E-state index is 0.556. The summed E-state index contributed by atoms with van der Waals surface area (Å²) < 4.78 is 1.18. The second-order valence-corrected chi connectivity index (χ2v) is 3.66. The van der Waals surface area contributed by atoms with Gasteiger partial charge < -0.3 is 11.5 Å². The molecule has 0 fully saturated rings. The van der Waals surface area contributed by atoms with Crippen molar-refractivity contribution in [2.45, 2.75) is 13.5 Å². The van der Waals surface area contributed by atoms with E-state index in [2.05, 4.69) is 28.7 Å². The summed E-state index contributed by atoms with van der Waals surface area (Å²) in [6.07, 6.45) is 0. The third-order valence-electron chi connectivity index (χ3n) is 1.68. The molecule has 0 radical (unpaired) electrons. The predicted octanol–water partition coefficient (Wildman–Crippen LogP) is 1.64. The van der Waals surface area contributed by atoms with Crippen LogP contribution in [0, 0.1) is 10.5 Å². The van der Waals surface area contributed by atoms with Crippen molar-refractivity contribution in [3.63, 3.8) is 0 Å². The molecule has 4 N–H and O–H groups in total. The Morgan fingerprint density at radius 1 is 1.45 bits per heavy atom. The number of hydrogen-bond donors (Lipinski definition) is 2. The molecule has 0 amide bonds. The number of benzene rings is 1. The molecule has 2 nitrogen and oxygen atoms in total. The standard InChI is InChI=1S/C8H11IN2/c1-5-7(9)2-6(4-10)3-8(5)11/h2-3H,4,10-11H2,1H3. The Balaban J connectivity index is 3.21. The van der Waals surface area contributed by atoms with Gasteiger partial charge in [0.1, 0.15) is 0 Å². The Labute approximate surface area is 80.1 Å². The van der Waals surface area contributed by atoms with Crippen LogP contribution in [0.3, 0.4) is 0 Å². The summed E-state index contributed by atoms with van der Waals surface area (Å²) in [5.74, 6) is 0.